The zero-order valence-corrected chi connectivity index (χ0v) is 11.7. The van der Waals surface area contributed by atoms with Crippen LogP contribution in [0.2, 0.25) is 0 Å². The first-order chi connectivity index (χ1) is 8.85. The van der Waals surface area contributed by atoms with E-state index < -0.39 is 0 Å². The lowest BCUT2D eigenvalue weighted by Crippen LogP contribution is -2.38. The Morgan fingerprint density at radius 1 is 1.06 bits per heavy atom. The molecule has 3 aliphatic rings. The zero-order valence-electron chi connectivity index (χ0n) is 11.7. The van der Waals surface area contributed by atoms with Gasteiger partial charge in [0.15, 0.2) is 0 Å². The van der Waals surface area contributed by atoms with Crippen LogP contribution in [0.1, 0.15) is 44.9 Å². The number of ether oxygens (including phenoxy) is 1. The summed E-state index contributed by atoms with van der Waals surface area (Å²) in [5, 5.41) is 3.81. The number of nitrogens with one attached hydrogen (secondary N) is 1. The molecule has 2 saturated carbocycles. The number of rotatable bonds is 5. The predicted octanol–water partition coefficient (Wildman–Crippen LogP) is 2.02. The highest BCUT2D eigenvalue weighted by molar-refractivity contribution is 4.90. The summed E-state index contributed by atoms with van der Waals surface area (Å²) in [5.41, 5.74) is 0. The summed E-state index contributed by atoms with van der Waals surface area (Å²) in [4.78, 5) is 2.72. The van der Waals surface area contributed by atoms with Crippen LogP contribution in [-0.2, 0) is 4.74 Å². The highest BCUT2D eigenvalue weighted by Crippen LogP contribution is 2.31. The van der Waals surface area contributed by atoms with Gasteiger partial charge >= 0.3 is 0 Å². The summed E-state index contributed by atoms with van der Waals surface area (Å²) in [6.45, 7) is 3.95. The summed E-state index contributed by atoms with van der Waals surface area (Å²) in [6, 6.07) is 1.72. The first-order valence-corrected chi connectivity index (χ1v) is 7.85. The van der Waals surface area contributed by atoms with E-state index in [1.165, 1.54) is 64.6 Å². The second-order valence-electron chi connectivity index (χ2n) is 6.50. The molecule has 3 fully saturated rings. The van der Waals surface area contributed by atoms with Gasteiger partial charge < -0.3 is 15.0 Å². The van der Waals surface area contributed by atoms with Crippen molar-refractivity contribution in [1.29, 1.82) is 0 Å². The van der Waals surface area contributed by atoms with Gasteiger partial charge in [-0.15, -0.1) is 0 Å². The van der Waals surface area contributed by atoms with Gasteiger partial charge in [-0.1, -0.05) is 0 Å². The number of nitrogens with zero attached hydrogens (tertiary/aromatic N) is 1. The molecule has 3 heteroatoms. The van der Waals surface area contributed by atoms with Crippen LogP contribution < -0.4 is 5.32 Å². The number of likely N-dealkylation sites (tertiary alicyclic amines) is 1. The molecule has 1 unspecified atom stereocenters. The van der Waals surface area contributed by atoms with Crippen LogP contribution in [0.4, 0.5) is 0 Å². The fourth-order valence-corrected chi connectivity index (χ4v) is 3.64. The molecule has 1 aliphatic heterocycles. The predicted molar refractivity (Wildman–Crippen MR) is 73.8 cm³/mol. The molecule has 104 valence electrons. The van der Waals surface area contributed by atoms with Gasteiger partial charge in [-0.25, -0.2) is 0 Å². The van der Waals surface area contributed by atoms with E-state index in [0.717, 1.165) is 18.0 Å². The van der Waals surface area contributed by atoms with E-state index in [9.17, 15) is 0 Å². The average Bonchev–Trinajstić information content (AvgIpc) is 3.16. The third-order valence-electron chi connectivity index (χ3n) is 5.08. The summed E-state index contributed by atoms with van der Waals surface area (Å²) < 4.78 is 5.43. The Balaban J connectivity index is 1.32. The SMILES string of the molecule is COC1CCC(NCC2CCN(C3CC3)C2)CC1. The standard InChI is InChI=1S/C15H28N2O/c1-18-15-6-2-13(3-7-15)16-10-12-8-9-17(11-12)14-4-5-14/h12-16H,2-11H2,1H3. The van der Waals surface area contributed by atoms with Gasteiger partial charge in [0.2, 0.25) is 0 Å². The van der Waals surface area contributed by atoms with E-state index in [1.54, 1.807) is 0 Å². The Morgan fingerprint density at radius 3 is 2.50 bits per heavy atom. The molecule has 0 amide bonds. The van der Waals surface area contributed by atoms with Crippen molar-refractivity contribution in [2.75, 3.05) is 26.7 Å². The number of methoxy groups -OCH3 is 1. The maximum Gasteiger partial charge on any atom is 0.0572 e. The molecule has 1 heterocycles. The topological polar surface area (TPSA) is 24.5 Å². The Morgan fingerprint density at radius 2 is 1.83 bits per heavy atom. The zero-order chi connectivity index (χ0) is 12.4. The van der Waals surface area contributed by atoms with Crippen molar-refractivity contribution in [2.24, 2.45) is 5.92 Å². The second kappa shape index (κ2) is 5.89. The number of hydrogen-bond donors (Lipinski definition) is 1. The van der Waals surface area contributed by atoms with Crippen molar-refractivity contribution >= 4 is 0 Å². The molecule has 0 bridgehead atoms. The normalized spacial score (nSPS) is 38.2. The van der Waals surface area contributed by atoms with Crippen molar-refractivity contribution in [3.05, 3.63) is 0 Å². The summed E-state index contributed by atoms with van der Waals surface area (Å²) in [7, 11) is 1.85. The third kappa shape index (κ3) is 3.25. The van der Waals surface area contributed by atoms with Crippen molar-refractivity contribution in [1.82, 2.24) is 10.2 Å². The van der Waals surface area contributed by atoms with Gasteiger partial charge in [-0.3, -0.25) is 0 Å². The molecule has 0 spiro atoms. The Labute approximate surface area is 111 Å². The lowest BCUT2D eigenvalue weighted by atomic mass is 9.92. The molecule has 2 aliphatic carbocycles. The van der Waals surface area contributed by atoms with E-state index in [2.05, 4.69) is 10.2 Å². The molecule has 0 radical (unpaired) electrons. The van der Waals surface area contributed by atoms with Crippen LogP contribution in [0.15, 0.2) is 0 Å². The minimum atomic E-state index is 0.528. The van der Waals surface area contributed by atoms with Crippen molar-refractivity contribution in [2.45, 2.75) is 63.1 Å². The molecule has 0 aromatic carbocycles. The molecule has 0 aromatic heterocycles. The van der Waals surface area contributed by atoms with E-state index in [1.807, 2.05) is 7.11 Å². The molecular formula is C15H28N2O. The summed E-state index contributed by atoms with van der Waals surface area (Å²) in [5.74, 6) is 0.908. The van der Waals surface area contributed by atoms with Gasteiger partial charge in [0.05, 0.1) is 6.10 Å². The largest absolute Gasteiger partial charge is 0.381 e. The van der Waals surface area contributed by atoms with Crippen LogP contribution in [-0.4, -0.2) is 49.8 Å². The van der Waals surface area contributed by atoms with Gasteiger partial charge in [0.25, 0.3) is 0 Å². The highest BCUT2D eigenvalue weighted by Gasteiger charge is 2.34. The van der Waals surface area contributed by atoms with Gasteiger partial charge in [-0.2, -0.15) is 0 Å². The minimum Gasteiger partial charge on any atom is -0.381 e. The van der Waals surface area contributed by atoms with E-state index in [4.69, 9.17) is 4.74 Å². The van der Waals surface area contributed by atoms with E-state index >= 15 is 0 Å². The Kier molecular flexibility index (Phi) is 4.22. The average molecular weight is 252 g/mol. The van der Waals surface area contributed by atoms with Crippen LogP contribution in [0.25, 0.3) is 0 Å². The molecule has 1 atom stereocenters. The van der Waals surface area contributed by atoms with Gasteiger partial charge in [-0.05, 0) is 64.0 Å². The van der Waals surface area contributed by atoms with Crippen LogP contribution in [0.5, 0.6) is 0 Å². The summed E-state index contributed by atoms with van der Waals surface area (Å²) >= 11 is 0. The first-order valence-electron chi connectivity index (χ1n) is 7.85. The first kappa shape index (κ1) is 12.9. The van der Waals surface area contributed by atoms with Crippen LogP contribution in [0.3, 0.4) is 0 Å². The lowest BCUT2D eigenvalue weighted by Gasteiger charge is -2.29. The molecule has 0 aromatic rings. The van der Waals surface area contributed by atoms with Gasteiger partial charge in [0.1, 0.15) is 0 Å². The van der Waals surface area contributed by atoms with E-state index in [-0.39, 0.29) is 0 Å². The van der Waals surface area contributed by atoms with E-state index in [0.29, 0.717) is 6.10 Å². The van der Waals surface area contributed by atoms with Crippen molar-refractivity contribution in [3.63, 3.8) is 0 Å². The van der Waals surface area contributed by atoms with Crippen molar-refractivity contribution < 1.29 is 4.74 Å². The fourth-order valence-electron chi connectivity index (χ4n) is 3.64. The molecule has 18 heavy (non-hydrogen) atoms. The smallest absolute Gasteiger partial charge is 0.0572 e. The molecule has 3 nitrogen and oxygen atoms in total. The third-order valence-corrected chi connectivity index (χ3v) is 5.08. The van der Waals surface area contributed by atoms with Crippen LogP contribution in [0, 0.1) is 5.92 Å². The number of hydrogen-bond acceptors (Lipinski definition) is 3. The quantitative estimate of drug-likeness (QED) is 0.810. The Hall–Kier alpha value is -0.120. The molecule has 3 rings (SSSR count). The Bertz CT molecular complexity index is 259. The summed E-state index contributed by atoms with van der Waals surface area (Å²) in [6.07, 6.45) is 9.95. The minimum absolute atomic E-state index is 0.528. The van der Waals surface area contributed by atoms with Crippen LogP contribution >= 0.6 is 0 Å². The molecular weight excluding hydrogens is 224 g/mol. The molecule has 1 N–H and O–H groups in total. The van der Waals surface area contributed by atoms with Gasteiger partial charge in [0, 0.05) is 25.7 Å². The lowest BCUT2D eigenvalue weighted by molar-refractivity contribution is 0.0621. The second-order valence-corrected chi connectivity index (χ2v) is 6.50. The monoisotopic (exact) mass is 252 g/mol. The fraction of sp³-hybridized carbons (Fsp3) is 1.00. The van der Waals surface area contributed by atoms with Crippen molar-refractivity contribution in [3.8, 4) is 0 Å². The highest BCUT2D eigenvalue weighted by atomic mass is 16.5. The maximum atomic E-state index is 5.43. The maximum absolute atomic E-state index is 5.43. The molecule has 1 saturated heterocycles.